The molecule has 6 rings (SSSR count). The minimum Gasteiger partial charge on any atom is -0.349 e. The van der Waals surface area contributed by atoms with E-state index in [0.29, 0.717) is 39.2 Å². The minimum atomic E-state index is -2.72. The molecule has 4 aromatic rings. The van der Waals surface area contributed by atoms with Crippen molar-refractivity contribution < 1.29 is 18.0 Å². The van der Waals surface area contributed by atoms with Gasteiger partial charge in [0, 0.05) is 29.7 Å². The Morgan fingerprint density at radius 3 is 2.62 bits per heavy atom. The van der Waals surface area contributed by atoms with E-state index < -0.39 is 23.8 Å². The molecule has 1 aromatic carbocycles. The highest BCUT2D eigenvalue weighted by Gasteiger charge is 2.42. The van der Waals surface area contributed by atoms with Crippen LogP contribution in [-0.4, -0.2) is 31.3 Å². The van der Waals surface area contributed by atoms with Crippen molar-refractivity contribution in [3.8, 4) is 16.9 Å². The van der Waals surface area contributed by atoms with Gasteiger partial charge in [-0.05, 0) is 85.9 Å². The first-order valence-electron chi connectivity index (χ1n) is 12.9. The molecule has 1 amide bonds. The largest absolute Gasteiger partial charge is 0.349 e. The molecule has 11 heteroatoms. The number of amides is 1. The molecule has 0 bridgehead atoms. The second-order valence-corrected chi connectivity index (χ2v) is 10.8. The van der Waals surface area contributed by atoms with Crippen LogP contribution in [0.2, 0.25) is 5.02 Å². The van der Waals surface area contributed by atoms with Crippen molar-refractivity contribution in [2.24, 2.45) is 0 Å². The smallest absolute Gasteiger partial charge is 0.333 e. The molecule has 1 N–H and O–H groups in total. The van der Waals surface area contributed by atoms with E-state index in [2.05, 4.69) is 15.4 Å². The van der Waals surface area contributed by atoms with E-state index in [-0.39, 0.29) is 39.7 Å². The fourth-order valence-corrected chi connectivity index (χ4v) is 5.44. The Morgan fingerprint density at radius 1 is 1.15 bits per heavy atom. The third-order valence-electron chi connectivity index (χ3n) is 7.55. The summed E-state index contributed by atoms with van der Waals surface area (Å²) in [6, 6.07) is 8.10. The summed E-state index contributed by atoms with van der Waals surface area (Å²) in [6.45, 7) is 0.842. The molecule has 206 valence electrons. The Kier molecular flexibility index (Phi) is 6.53. The first kappa shape index (κ1) is 26.3. The predicted octanol–water partition coefficient (Wildman–Crippen LogP) is 6.06. The van der Waals surface area contributed by atoms with Gasteiger partial charge in [0.05, 0.1) is 23.1 Å². The minimum absolute atomic E-state index is 0.0436. The van der Waals surface area contributed by atoms with E-state index in [4.69, 9.17) is 11.6 Å². The van der Waals surface area contributed by atoms with E-state index in [1.165, 1.54) is 23.0 Å². The first-order valence-corrected chi connectivity index (χ1v) is 13.3. The van der Waals surface area contributed by atoms with Gasteiger partial charge >= 0.3 is 6.55 Å². The Bertz CT molecular complexity index is 1710. The number of halogens is 4. The van der Waals surface area contributed by atoms with Crippen molar-refractivity contribution in [3.63, 3.8) is 0 Å². The van der Waals surface area contributed by atoms with Crippen LogP contribution in [0.15, 0.2) is 53.7 Å². The van der Waals surface area contributed by atoms with Gasteiger partial charge in [-0.25, -0.2) is 9.07 Å². The maximum absolute atomic E-state index is 15.5. The van der Waals surface area contributed by atoms with Gasteiger partial charge in [-0.2, -0.15) is 13.9 Å². The molecule has 7 nitrogen and oxygen atoms in total. The molecular formula is C29H25ClF3N5O2. The molecule has 0 spiro atoms. The molecule has 3 heterocycles. The first-order chi connectivity index (χ1) is 19.1. The van der Waals surface area contributed by atoms with Gasteiger partial charge in [0.2, 0.25) is 0 Å². The summed E-state index contributed by atoms with van der Waals surface area (Å²) in [7, 11) is 0. The van der Waals surface area contributed by atoms with Gasteiger partial charge in [-0.3, -0.25) is 19.1 Å². The second kappa shape index (κ2) is 9.92. The van der Waals surface area contributed by atoms with Gasteiger partial charge in [0.25, 0.3) is 11.5 Å². The van der Waals surface area contributed by atoms with E-state index >= 15 is 4.39 Å². The van der Waals surface area contributed by atoms with Crippen molar-refractivity contribution in [3.05, 3.63) is 98.1 Å². The molecule has 0 radical (unpaired) electrons. The second-order valence-electron chi connectivity index (χ2n) is 10.4. The van der Waals surface area contributed by atoms with Gasteiger partial charge in [-0.15, -0.1) is 0 Å². The van der Waals surface area contributed by atoms with E-state index in [9.17, 15) is 18.4 Å². The van der Waals surface area contributed by atoms with Crippen LogP contribution in [0.1, 0.15) is 70.4 Å². The SMILES string of the molecule is Cc1cnc(-c2cccc(C(=O)NC3CC3)c2F)cc1-n1c(C)cc([C@@H]2CC2c2cnn(C(F)F)c2)c(Cl)c1=O. The monoisotopic (exact) mass is 567 g/mol. The van der Waals surface area contributed by atoms with E-state index in [0.717, 1.165) is 12.8 Å². The number of pyridine rings is 2. The lowest BCUT2D eigenvalue weighted by Crippen LogP contribution is -2.26. The van der Waals surface area contributed by atoms with Crippen molar-refractivity contribution in [2.45, 2.75) is 57.5 Å². The number of aryl methyl sites for hydroxylation is 2. The molecule has 0 aliphatic heterocycles. The lowest BCUT2D eigenvalue weighted by molar-refractivity contribution is 0.0565. The molecule has 2 aliphatic rings. The Balaban J connectivity index is 1.34. The summed E-state index contributed by atoms with van der Waals surface area (Å²) in [5.74, 6) is -1.29. The third kappa shape index (κ3) is 4.70. The zero-order valence-electron chi connectivity index (χ0n) is 21.7. The van der Waals surface area contributed by atoms with Gasteiger partial charge in [-0.1, -0.05) is 17.7 Å². The zero-order valence-corrected chi connectivity index (χ0v) is 22.4. The summed E-state index contributed by atoms with van der Waals surface area (Å²) in [6.07, 6.45) is 6.73. The average molecular weight is 568 g/mol. The van der Waals surface area contributed by atoms with Crippen LogP contribution >= 0.6 is 11.6 Å². The lowest BCUT2D eigenvalue weighted by Gasteiger charge is -2.17. The van der Waals surface area contributed by atoms with Crippen LogP contribution in [0.3, 0.4) is 0 Å². The summed E-state index contributed by atoms with van der Waals surface area (Å²) >= 11 is 6.61. The topological polar surface area (TPSA) is 81.8 Å². The maximum atomic E-state index is 15.5. The fourth-order valence-electron chi connectivity index (χ4n) is 5.16. The maximum Gasteiger partial charge on any atom is 0.333 e. The standard InChI is InChI=1S/C29H25ClF3N5O2/c1-14-11-34-23(18-4-3-5-19(26(18)31)27(39)36-17-6-7-17)10-24(14)38-15(2)8-22(25(30)28(38)40)21-9-20(21)16-12-35-37(13-16)29(32)33/h3-5,8,10-13,17,20-21,29H,6-7,9H2,1-2H3,(H,36,39)/t20?,21-/m1/s1. The summed E-state index contributed by atoms with van der Waals surface area (Å²) in [5, 5.41) is 6.55. The van der Waals surface area contributed by atoms with Crippen LogP contribution < -0.4 is 10.9 Å². The quantitative estimate of drug-likeness (QED) is 0.294. The highest BCUT2D eigenvalue weighted by atomic mass is 35.5. The molecule has 2 atom stereocenters. The summed E-state index contributed by atoms with van der Waals surface area (Å²) in [5.41, 5.74) is 3.00. The number of rotatable bonds is 7. The summed E-state index contributed by atoms with van der Waals surface area (Å²) in [4.78, 5) is 30.5. The van der Waals surface area contributed by atoms with Crippen molar-refractivity contribution in [1.82, 2.24) is 24.6 Å². The van der Waals surface area contributed by atoms with E-state index in [1.807, 2.05) is 6.07 Å². The fraction of sp³-hybridized carbons (Fsp3) is 0.310. The number of benzene rings is 1. The summed E-state index contributed by atoms with van der Waals surface area (Å²) < 4.78 is 43.4. The number of alkyl halides is 2. The number of carbonyl (C=O) groups excluding carboxylic acids is 1. The number of nitrogens with zero attached hydrogens (tertiary/aromatic N) is 4. The van der Waals surface area contributed by atoms with Crippen LogP contribution in [0.25, 0.3) is 16.9 Å². The highest BCUT2D eigenvalue weighted by Crippen LogP contribution is 2.56. The van der Waals surface area contributed by atoms with Crippen LogP contribution in [0.5, 0.6) is 0 Å². The van der Waals surface area contributed by atoms with Crippen LogP contribution in [0, 0.1) is 19.7 Å². The van der Waals surface area contributed by atoms with Crippen molar-refractivity contribution in [2.75, 3.05) is 0 Å². The van der Waals surface area contributed by atoms with Gasteiger partial charge in [0.15, 0.2) is 0 Å². The molecule has 1 unspecified atom stereocenters. The molecule has 2 aliphatic carbocycles. The molecule has 2 saturated carbocycles. The van der Waals surface area contributed by atoms with Gasteiger partial charge in [0.1, 0.15) is 10.8 Å². The Hall–Kier alpha value is -3.92. The third-order valence-corrected chi connectivity index (χ3v) is 7.93. The van der Waals surface area contributed by atoms with Gasteiger partial charge < -0.3 is 5.32 Å². The van der Waals surface area contributed by atoms with E-state index in [1.54, 1.807) is 38.2 Å². The molecule has 3 aromatic heterocycles. The molecule has 0 saturated heterocycles. The van der Waals surface area contributed by atoms with Crippen molar-refractivity contribution >= 4 is 17.5 Å². The zero-order chi connectivity index (χ0) is 28.3. The van der Waals surface area contributed by atoms with Crippen molar-refractivity contribution in [1.29, 1.82) is 0 Å². The Morgan fingerprint density at radius 2 is 1.93 bits per heavy atom. The number of aromatic nitrogens is 4. The highest BCUT2D eigenvalue weighted by molar-refractivity contribution is 6.31. The van der Waals surface area contributed by atoms with Crippen LogP contribution in [0.4, 0.5) is 13.2 Å². The lowest BCUT2D eigenvalue weighted by atomic mass is 10.0. The number of hydrogen-bond acceptors (Lipinski definition) is 4. The molecule has 2 fully saturated rings. The average Bonchev–Trinajstić information content (AvgIpc) is 3.85. The number of nitrogens with one attached hydrogen (secondary N) is 1. The predicted molar refractivity (Wildman–Crippen MR) is 144 cm³/mol. The molecule has 40 heavy (non-hydrogen) atoms. The van der Waals surface area contributed by atoms with Crippen LogP contribution in [-0.2, 0) is 0 Å². The number of hydrogen-bond donors (Lipinski definition) is 1. The molecular weight excluding hydrogens is 543 g/mol. The number of carbonyl (C=O) groups is 1. The normalized spacial score (nSPS) is 18.3. The Labute approximate surface area is 232 Å².